The molecule has 2 aliphatic rings. The molecule has 3 nitrogen and oxygen atoms in total. The van der Waals surface area contributed by atoms with E-state index in [-0.39, 0.29) is 6.54 Å². The summed E-state index contributed by atoms with van der Waals surface area (Å²) in [6.45, 7) is 2.04. The number of allylic oxidation sites excluding steroid dienone is 1. The summed E-state index contributed by atoms with van der Waals surface area (Å²) in [5.74, 6) is -1.30. The van der Waals surface area contributed by atoms with E-state index in [1.54, 1.807) is 0 Å². The van der Waals surface area contributed by atoms with Crippen molar-refractivity contribution >= 4 is 11.5 Å². The van der Waals surface area contributed by atoms with Gasteiger partial charge in [-0.05, 0) is 54.3 Å². The number of alkyl halides is 3. The minimum absolute atomic E-state index is 0.0596. The van der Waals surface area contributed by atoms with Crippen molar-refractivity contribution < 1.29 is 22.7 Å². The van der Waals surface area contributed by atoms with Crippen LogP contribution in [0.4, 0.5) is 13.2 Å². The zero-order valence-corrected chi connectivity index (χ0v) is 13.7. The molecular formula is C18H18F3NO2. The third-order valence-electron chi connectivity index (χ3n) is 4.90. The summed E-state index contributed by atoms with van der Waals surface area (Å²) in [7, 11) is 2.28. The van der Waals surface area contributed by atoms with Gasteiger partial charge in [0.2, 0.25) is 5.54 Å². The Balaban J connectivity index is 2.10. The predicted octanol–water partition coefficient (Wildman–Crippen LogP) is 3.50. The quantitative estimate of drug-likeness (QED) is 0.774. The molecule has 1 aromatic carbocycles. The van der Waals surface area contributed by atoms with E-state index in [0.717, 1.165) is 40.4 Å². The summed E-state index contributed by atoms with van der Waals surface area (Å²) in [4.78, 5) is 13.0. The van der Waals surface area contributed by atoms with E-state index in [1.807, 2.05) is 31.2 Å². The topological polar surface area (TPSA) is 29.5 Å². The number of rotatable bonds is 2. The number of fused-ring (bicyclic) bond motifs is 1. The fourth-order valence-corrected chi connectivity index (χ4v) is 3.50. The molecule has 0 N–H and O–H groups in total. The van der Waals surface area contributed by atoms with E-state index < -0.39 is 17.7 Å². The number of benzene rings is 1. The molecule has 0 bridgehead atoms. The van der Waals surface area contributed by atoms with Crippen LogP contribution in [0.2, 0.25) is 0 Å². The van der Waals surface area contributed by atoms with Crippen molar-refractivity contribution in [3.63, 3.8) is 0 Å². The van der Waals surface area contributed by atoms with Crippen LogP contribution in [0.15, 0.2) is 41.5 Å². The monoisotopic (exact) mass is 337 g/mol. The molecule has 3 rings (SSSR count). The molecule has 0 saturated heterocycles. The molecule has 0 aromatic heterocycles. The third-order valence-corrected chi connectivity index (χ3v) is 4.90. The first kappa shape index (κ1) is 16.8. The molecule has 1 atom stereocenters. The van der Waals surface area contributed by atoms with Crippen LogP contribution in [0.3, 0.4) is 0 Å². The number of ether oxygens (including phenoxy) is 1. The molecule has 1 aliphatic carbocycles. The van der Waals surface area contributed by atoms with Crippen molar-refractivity contribution in [2.75, 3.05) is 20.7 Å². The number of hydrogen-bond acceptors (Lipinski definition) is 3. The van der Waals surface area contributed by atoms with Crippen molar-refractivity contribution in [3.8, 4) is 0 Å². The normalized spacial score (nSPS) is 24.2. The predicted molar refractivity (Wildman–Crippen MR) is 84.2 cm³/mol. The maximum Gasteiger partial charge on any atom is 0.421 e. The van der Waals surface area contributed by atoms with Crippen molar-refractivity contribution in [1.29, 1.82) is 0 Å². The van der Waals surface area contributed by atoms with Crippen molar-refractivity contribution in [2.24, 2.45) is 0 Å². The van der Waals surface area contributed by atoms with Gasteiger partial charge in [0.05, 0.1) is 7.11 Å². The zero-order chi connectivity index (χ0) is 17.7. The molecule has 128 valence electrons. The van der Waals surface area contributed by atoms with Gasteiger partial charge in [0.25, 0.3) is 0 Å². The number of likely N-dealkylation sites (N-methyl/N-ethyl adjacent to an activating group) is 1. The van der Waals surface area contributed by atoms with Gasteiger partial charge in [-0.2, -0.15) is 13.2 Å². The molecule has 6 heteroatoms. The van der Waals surface area contributed by atoms with E-state index in [9.17, 15) is 18.0 Å². The first-order valence-electron chi connectivity index (χ1n) is 7.59. The van der Waals surface area contributed by atoms with Gasteiger partial charge in [-0.3, -0.25) is 4.90 Å². The van der Waals surface area contributed by atoms with Gasteiger partial charge < -0.3 is 4.74 Å². The van der Waals surface area contributed by atoms with Gasteiger partial charge in [0.1, 0.15) is 0 Å². The highest BCUT2D eigenvalue weighted by Crippen LogP contribution is 2.50. The number of nitrogens with zero attached hydrogens (tertiary/aromatic N) is 1. The van der Waals surface area contributed by atoms with E-state index in [1.165, 1.54) is 7.05 Å². The second-order valence-electron chi connectivity index (χ2n) is 6.23. The van der Waals surface area contributed by atoms with E-state index in [4.69, 9.17) is 0 Å². The molecule has 0 saturated carbocycles. The van der Waals surface area contributed by atoms with Crippen LogP contribution in [0.25, 0.3) is 5.57 Å². The second-order valence-corrected chi connectivity index (χ2v) is 6.23. The van der Waals surface area contributed by atoms with Crippen molar-refractivity contribution in [1.82, 2.24) is 4.90 Å². The van der Waals surface area contributed by atoms with Crippen molar-refractivity contribution in [2.45, 2.75) is 25.1 Å². The number of carbonyl (C=O) groups is 1. The number of methoxy groups -OCH3 is 1. The molecule has 0 fully saturated rings. The zero-order valence-electron chi connectivity index (χ0n) is 13.7. The van der Waals surface area contributed by atoms with Gasteiger partial charge in [0, 0.05) is 6.54 Å². The molecule has 1 heterocycles. The van der Waals surface area contributed by atoms with Crippen LogP contribution in [0, 0.1) is 6.92 Å². The third kappa shape index (κ3) is 2.20. The average Bonchev–Trinajstić information content (AvgIpc) is 2.50. The average molecular weight is 337 g/mol. The molecule has 1 aromatic rings. The summed E-state index contributed by atoms with van der Waals surface area (Å²) in [5.41, 5.74) is 1.92. The Hall–Kier alpha value is -2.08. The second kappa shape index (κ2) is 5.48. The Labute approximate surface area is 138 Å². The first-order valence-corrected chi connectivity index (χ1v) is 7.59. The number of esters is 1. The summed E-state index contributed by atoms with van der Waals surface area (Å²) in [6, 6.07) is 7.79. The minimum atomic E-state index is -4.74. The maximum absolute atomic E-state index is 13.7. The summed E-state index contributed by atoms with van der Waals surface area (Å²) in [6.07, 6.45) is -3.28. The Morgan fingerprint density at radius 3 is 2.50 bits per heavy atom. The number of carbonyl (C=O) groups excluding carboxylic acids is 1. The molecular weight excluding hydrogens is 319 g/mol. The first-order chi connectivity index (χ1) is 11.2. The summed E-state index contributed by atoms with van der Waals surface area (Å²) < 4.78 is 45.5. The Bertz CT molecular complexity index is 764. The Morgan fingerprint density at radius 1 is 1.25 bits per heavy atom. The van der Waals surface area contributed by atoms with Crippen LogP contribution in [0.5, 0.6) is 0 Å². The minimum Gasteiger partial charge on any atom is -0.467 e. The van der Waals surface area contributed by atoms with E-state index >= 15 is 0 Å². The summed E-state index contributed by atoms with van der Waals surface area (Å²) in [5, 5.41) is 0. The van der Waals surface area contributed by atoms with Gasteiger partial charge in [-0.25, -0.2) is 4.79 Å². The van der Waals surface area contributed by atoms with Gasteiger partial charge in [-0.1, -0.05) is 24.3 Å². The van der Waals surface area contributed by atoms with Crippen LogP contribution < -0.4 is 0 Å². The summed E-state index contributed by atoms with van der Waals surface area (Å²) >= 11 is 0. The standard InChI is InChI=1S/C18H18F3NO2/c1-11-6-4-5-7-13(11)14-8-12-9-17(16(23)24-3,18(19,20)21)22(2)10-15(12)14/h4-7,9H,8,10H2,1-3H3. The van der Waals surface area contributed by atoms with E-state index in [0.29, 0.717) is 12.0 Å². The lowest BCUT2D eigenvalue weighted by Gasteiger charge is -2.46. The van der Waals surface area contributed by atoms with E-state index in [2.05, 4.69) is 4.74 Å². The highest BCUT2D eigenvalue weighted by Gasteiger charge is 2.64. The fourth-order valence-electron chi connectivity index (χ4n) is 3.50. The lowest BCUT2D eigenvalue weighted by Crippen LogP contribution is -2.64. The van der Waals surface area contributed by atoms with Crippen molar-refractivity contribution in [3.05, 3.63) is 52.6 Å². The van der Waals surface area contributed by atoms with Gasteiger partial charge in [0.15, 0.2) is 0 Å². The van der Waals surface area contributed by atoms with Gasteiger partial charge >= 0.3 is 12.1 Å². The molecule has 24 heavy (non-hydrogen) atoms. The van der Waals surface area contributed by atoms with Crippen LogP contribution >= 0.6 is 0 Å². The maximum atomic E-state index is 13.7. The highest BCUT2D eigenvalue weighted by atomic mass is 19.4. The molecule has 1 unspecified atom stereocenters. The largest absolute Gasteiger partial charge is 0.467 e. The highest BCUT2D eigenvalue weighted by molar-refractivity contribution is 5.90. The Kier molecular flexibility index (Phi) is 3.83. The molecule has 1 aliphatic heterocycles. The van der Waals surface area contributed by atoms with Gasteiger partial charge in [-0.15, -0.1) is 0 Å². The lowest BCUT2D eigenvalue weighted by atomic mass is 9.72. The molecule has 0 radical (unpaired) electrons. The smallest absolute Gasteiger partial charge is 0.421 e. The van der Waals surface area contributed by atoms with Crippen LogP contribution in [-0.4, -0.2) is 43.3 Å². The SMILES string of the molecule is COC(=O)C1(C(F)(F)F)C=C2CC(c3ccccc3C)=C2CN1C. The molecule has 0 spiro atoms. The number of halogens is 3. The Morgan fingerprint density at radius 2 is 1.92 bits per heavy atom. The van der Waals surface area contributed by atoms with Crippen LogP contribution in [-0.2, 0) is 9.53 Å². The lowest BCUT2D eigenvalue weighted by molar-refractivity contribution is -0.222. The fraction of sp³-hybridized carbons (Fsp3) is 0.389. The van der Waals surface area contributed by atoms with Crippen LogP contribution in [0.1, 0.15) is 17.5 Å². The number of hydrogen-bond donors (Lipinski definition) is 0. The number of aryl methyl sites for hydroxylation is 1. The molecule has 0 amide bonds.